The van der Waals surface area contributed by atoms with Gasteiger partial charge in [-0.2, -0.15) is 4.57 Å². The fraction of sp³-hybridized carbons (Fsp3) is 0.167. The van der Waals surface area contributed by atoms with E-state index in [0.29, 0.717) is 12.2 Å². The van der Waals surface area contributed by atoms with Gasteiger partial charge in [-0.25, -0.2) is 4.79 Å². The van der Waals surface area contributed by atoms with E-state index < -0.39 is 0 Å². The molecule has 0 saturated carbocycles. The third-order valence-corrected chi connectivity index (χ3v) is 3.07. The van der Waals surface area contributed by atoms with Gasteiger partial charge in [-0.1, -0.05) is 36.4 Å². The van der Waals surface area contributed by atoms with Gasteiger partial charge >= 0.3 is 5.97 Å². The summed E-state index contributed by atoms with van der Waals surface area (Å²) in [4.78, 5) is 22.0. The summed E-state index contributed by atoms with van der Waals surface area (Å²) in [5.74, 6) is -0.244. The Morgan fingerprint density at radius 2 is 1.52 bits per heavy atom. The van der Waals surface area contributed by atoms with Crippen molar-refractivity contribution in [2.45, 2.75) is 13.5 Å². The van der Waals surface area contributed by atoms with Crippen LogP contribution < -0.4 is 21.5 Å². The Kier molecular flexibility index (Phi) is 7.91. The van der Waals surface area contributed by atoms with Gasteiger partial charge in [0.05, 0.1) is 6.61 Å². The Hall–Kier alpha value is -2.27. The molecule has 1 aromatic carbocycles. The number of carbonyl (C=O) groups is 2. The van der Waals surface area contributed by atoms with E-state index in [2.05, 4.69) is 0 Å². The predicted molar refractivity (Wildman–Crippen MR) is 84.0 cm³/mol. The van der Waals surface area contributed by atoms with Crippen LogP contribution in [0.2, 0.25) is 0 Å². The van der Waals surface area contributed by atoms with E-state index in [-0.39, 0.29) is 29.5 Å². The Morgan fingerprint density at radius 1 is 1.00 bits per heavy atom. The highest BCUT2D eigenvalue weighted by molar-refractivity contribution is 5.76. The molecular formula is C18H18BrNO3. The second-order valence-corrected chi connectivity index (χ2v) is 4.73. The monoisotopic (exact) mass is 375 g/mol. The highest BCUT2D eigenvalue weighted by Crippen LogP contribution is 2.08. The standard InChI is InChI=1S/C18H18NO3.BrH/c1-2-22-18(21)13-19-11-9-16(10-12-19)4-3-15-5-7-17(14-20)8-6-15;/h3-12,14H,2,13H2,1H3;1H/q+1;/p-1/b4-3+;. The van der Waals surface area contributed by atoms with E-state index in [1.165, 1.54) is 0 Å². The van der Waals surface area contributed by atoms with Gasteiger partial charge < -0.3 is 21.7 Å². The van der Waals surface area contributed by atoms with Crippen molar-refractivity contribution in [3.63, 3.8) is 0 Å². The number of halogens is 1. The van der Waals surface area contributed by atoms with Gasteiger partial charge in [0.15, 0.2) is 12.4 Å². The molecule has 1 heterocycles. The van der Waals surface area contributed by atoms with E-state index in [9.17, 15) is 9.59 Å². The van der Waals surface area contributed by atoms with Gasteiger partial charge in [-0.05, 0) is 18.1 Å². The summed E-state index contributed by atoms with van der Waals surface area (Å²) < 4.78 is 6.67. The molecule has 5 heteroatoms. The number of esters is 1. The molecule has 1 aromatic heterocycles. The van der Waals surface area contributed by atoms with Crippen molar-refractivity contribution in [3.05, 3.63) is 65.5 Å². The molecular weight excluding hydrogens is 358 g/mol. The number of pyridine rings is 1. The first-order valence-electron chi connectivity index (χ1n) is 7.09. The molecule has 0 N–H and O–H groups in total. The number of aromatic nitrogens is 1. The minimum atomic E-state index is -0.244. The van der Waals surface area contributed by atoms with Crippen LogP contribution in [-0.4, -0.2) is 18.9 Å². The number of aldehydes is 1. The molecule has 0 spiro atoms. The maximum Gasteiger partial charge on any atom is 0.372 e. The summed E-state index contributed by atoms with van der Waals surface area (Å²) in [6, 6.07) is 11.2. The molecule has 2 rings (SSSR count). The second-order valence-electron chi connectivity index (χ2n) is 4.73. The van der Waals surface area contributed by atoms with Crippen LogP contribution in [0.25, 0.3) is 12.2 Å². The fourth-order valence-corrected chi connectivity index (χ4v) is 1.92. The van der Waals surface area contributed by atoms with Gasteiger partial charge in [0.1, 0.15) is 6.29 Å². The van der Waals surface area contributed by atoms with Crippen molar-refractivity contribution in [1.29, 1.82) is 0 Å². The minimum Gasteiger partial charge on any atom is -1.00 e. The maximum atomic E-state index is 11.4. The number of hydrogen-bond donors (Lipinski definition) is 0. The Labute approximate surface area is 146 Å². The van der Waals surface area contributed by atoms with Gasteiger partial charge in [0.2, 0.25) is 6.54 Å². The van der Waals surface area contributed by atoms with Crippen molar-refractivity contribution in [2.75, 3.05) is 6.61 Å². The first kappa shape index (κ1) is 18.8. The number of rotatable bonds is 6. The molecule has 0 aliphatic rings. The van der Waals surface area contributed by atoms with Crippen LogP contribution in [0.3, 0.4) is 0 Å². The molecule has 0 unspecified atom stereocenters. The molecule has 0 bridgehead atoms. The summed E-state index contributed by atoms with van der Waals surface area (Å²) >= 11 is 0. The average Bonchev–Trinajstić information content (AvgIpc) is 2.55. The van der Waals surface area contributed by atoms with E-state index in [0.717, 1.165) is 17.4 Å². The number of carbonyl (C=O) groups excluding carboxylic acids is 2. The van der Waals surface area contributed by atoms with Crippen LogP contribution in [0, 0.1) is 0 Å². The molecule has 0 atom stereocenters. The summed E-state index contributed by atoms with van der Waals surface area (Å²) in [6.45, 7) is 2.40. The highest BCUT2D eigenvalue weighted by atomic mass is 79.9. The lowest BCUT2D eigenvalue weighted by molar-refractivity contribution is -0.686. The highest BCUT2D eigenvalue weighted by Gasteiger charge is 2.08. The lowest BCUT2D eigenvalue weighted by Gasteiger charge is -1.99. The van der Waals surface area contributed by atoms with Gasteiger partial charge in [-0.15, -0.1) is 0 Å². The first-order valence-corrected chi connectivity index (χ1v) is 7.09. The molecule has 0 radical (unpaired) electrons. The third-order valence-electron chi connectivity index (χ3n) is 3.07. The van der Waals surface area contributed by atoms with Crippen LogP contribution in [0.4, 0.5) is 0 Å². The lowest BCUT2D eigenvalue weighted by atomic mass is 10.1. The molecule has 23 heavy (non-hydrogen) atoms. The van der Waals surface area contributed by atoms with Crippen LogP contribution in [0.5, 0.6) is 0 Å². The quantitative estimate of drug-likeness (QED) is 0.389. The molecule has 4 nitrogen and oxygen atoms in total. The molecule has 0 amide bonds. The van der Waals surface area contributed by atoms with Crippen LogP contribution in [0.1, 0.15) is 28.4 Å². The zero-order valence-electron chi connectivity index (χ0n) is 12.8. The Balaban J connectivity index is 0.00000264. The smallest absolute Gasteiger partial charge is 0.372 e. The van der Waals surface area contributed by atoms with Crippen molar-refractivity contribution in [1.82, 2.24) is 0 Å². The zero-order valence-corrected chi connectivity index (χ0v) is 14.4. The normalized spacial score (nSPS) is 10.1. The third kappa shape index (κ3) is 6.16. The maximum absolute atomic E-state index is 11.4. The summed E-state index contributed by atoms with van der Waals surface area (Å²) in [5, 5.41) is 0. The van der Waals surface area contributed by atoms with Crippen molar-refractivity contribution in [3.8, 4) is 0 Å². The van der Waals surface area contributed by atoms with Crippen LogP contribution >= 0.6 is 0 Å². The number of hydrogen-bond acceptors (Lipinski definition) is 3. The lowest BCUT2D eigenvalue weighted by Crippen LogP contribution is -3.00. The van der Waals surface area contributed by atoms with E-state index in [1.807, 2.05) is 48.8 Å². The zero-order chi connectivity index (χ0) is 15.8. The SMILES string of the molecule is CCOC(=O)C[n+]1ccc(/C=C/c2ccc(C=O)cc2)cc1.[Br-]. The Morgan fingerprint density at radius 3 is 2.04 bits per heavy atom. The van der Waals surface area contributed by atoms with Crippen LogP contribution in [-0.2, 0) is 16.1 Å². The van der Waals surface area contributed by atoms with Crippen molar-refractivity contribution >= 4 is 24.4 Å². The first-order chi connectivity index (χ1) is 10.7. The van der Waals surface area contributed by atoms with E-state index in [4.69, 9.17) is 4.74 Å². The molecule has 0 aliphatic heterocycles. The average molecular weight is 376 g/mol. The molecule has 0 fully saturated rings. The number of benzene rings is 1. The van der Waals surface area contributed by atoms with Gasteiger partial charge in [0.25, 0.3) is 0 Å². The Bertz CT molecular complexity index is 664. The van der Waals surface area contributed by atoms with E-state index >= 15 is 0 Å². The minimum absolute atomic E-state index is 0. The summed E-state index contributed by atoms with van der Waals surface area (Å²) in [7, 11) is 0. The van der Waals surface area contributed by atoms with Crippen molar-refractivity contribution in [2.24, 2.45) is 0 Å². The molecule has 2 aromatic rings. The molecule has 0 aliphatic carbocycles. The van der Waals surface area contributed by atoms with Crippen molar-refractivity contribution < 1.29 is 35.9 Å². The largest absolute Gasteiger partial charge is 1.00 e. The fourth-order valence-electron chi connectivity index (χ4n) is 1.92. The summed E-state index contributed by atoms with van der Waals surface area (Å²) in [6.07, 6.45) is 8.45. The molecule has 0 saturated heterocycles. The number of ether oxygens (including phenoxy) is 1. The predicted octanol–water partition coefficient (Wildman–Crippen LogP) is -0.476. The summed E-state index contributed by atoms with van der Waals surface area (Å²) in [5.41, 5.74) is 2.71. The second kappa shape index (κ2) is 9.69. The van der Waals surface area contributed by atoms with Gasteiger partial charge in [0, 0.05) is 17.7 Å². The topological polar surface area (TPSA) is 47.2 Å². The van der Waals surface area contributed by atoms with E-state index in [1.54, 1.807) is 23.6 Å². The number of nitrogens with zero attached hydrogens (tertiary/aromatic N) is 1. The van der Waals surface area contributed by atoms with Gasteiger partial charge in [-0.3, -0.25) is 4.79 Å². The van der Waals surface area contributed by atoms with Crippen LogP contribution in [0.15, 0.2) is 48.8 Å². The molecule has 120 valence electrons.